The van der Waals surface area contributed by atoms with Crippen LogP contribution in [0.3, 0.4) is 0 Å². The Balaban J connectivity index is 1.41. The van der Waals surface area contributed by atoms with E-state index in [2.05, 4.69) is 20.5 Å². The average molecular weight is 440 g/mol. The Labute approximate surface area is 184 Å². The molecule has 3 aromatic rings. The summed E-state index contributed by atoms with van der Waals surface area (Å²) >= 11 is 12.2. The molecule has 0 spiro atoms. The number of hydrogen-bond acceptors (Lipinski definition) is 4. The van der Waals surface area contributed by atoms with Gasteiger partial charge >= 0.3 is 0 Å². The predicted molar refractivity (Wildman–Crippen MR) is 117 cm³/mol. The zero-order valence-corrected chi connectivity index (χ0v) is 17.6. The number of aromatic nitrogens is 2. The summed E-state index contributed by atoms with van der Waals surface area (Å²) in [6, 6.07) is 14.8. The van der Waals surface area contributed by atoms with Gasteiger partial charge in [0.15, 0.2) is 0 Å². The lowest BCUT2D eigenvalue weighted by Gasteiger charge is -2.34. The van der Waals surface area contributed by atoms with Crippen LogP contribution in [0.4, 0.5) is 5.69 Å². The molecule has 4 rings (SSSR count). The van der Waals surface area contributed by atoms with Crippen molar-refractivity contribution in [2.45, 2.75) is 13.1 Å². The Morgan fingerprint density at radius 3 is 2.43 bits per heavy atom. The monoisotopic (exact) mass is 439 g/mol. The van der Waals surface area contributed by atoms with Gasteiger partial charge in [0, 0.05) is 48.1 Å². The van der Waals surface area contributed by atoms with Crippen molar-refractivity contribution in [1.82, 2.24) is 14.5 Å². The molecule has 1 aliphatic rings. The highest BCUT2D eigenvalue weighted by Crippen LogP contribution is 2.27. The van der Waals surface area contributed by atoms with Crippen LogP contribution < -0.4 is 4.90 Å². The molecule has 0 bridgehead atoms. The van der Waals surface area contributed by atoms with Gasteiger partial charge in [0.05, 0.1) is 30.2 Å². The molecule has 1 amide bonds. The van der Waals surface area contributed by atoms with E-state index in [9.17, 15) is 4.79 Å². The summed E-state index contributed by atoms with van der Waals surface area (Å²) in [5, 5.41) is 9.96. The lowest BCUT2D eigenvalue weighted by molar-refractivity contribution is -0.121. The normalized spacial score (nSPS) is 14.7. The summed E-state index contributed by atoms with van der Waals surface area (Å²) in [6.07, 6.45) is 3.62. The van der Waals surface area contributed by atoms with Gasteiger partial charge in [-0.25, -0.2) is 4.98 Å². The molecule has 0 saturated carbocycles. The minimum atomic E-state index is 0.0118. The molecular weight excluding hydrogens is 421 g/mol. The molecule has 0 unspecified atom stereocenters. The van der Waals surface area contributed by atoms with Crippen molar-refractivity contribution in [1.29, 1.82) is 5.26 Å². The Hall–Kier alpha value is -2.85. The fourth-order valence-electron chi connectivity index (χ4n) is 3.56. The molecule has 152 valence electrons. The highest BCUT2D eigenvalue weighted by atomic mass is 35.5. The molecule has 1 aliphatic heterocycles. The maximum atomic E-state index is 12.7. The highest BCUT2D eigenvalue weighted by Gasteiger charge is 2.26. The average Bonchev–Trinajstić information content (AvgIpc) is 3.14. The first-order valence-corrected chi connectivity index (χ1v) is 10.2. The molecule has 6 nitrogen and oxygen atoms in total. The number of carbonyl (C=O) groups is 1. The van der Waals surface area contributed by atoms with Gasteiger partial charge in [-0.05, 0) is 35.9 Å². The molecule has 0 aliphatic carbocycles. The predicted octanol–water partition coefficient (Wildman–Crippen LogP) is 3.96. The summed E-state index contributed by atoms with van der Waals surface area (Å²) in [5.74, 6) is 0.0118. The number of amides is 1. The number of nitrogens with zero attached hydrogens (tertiary/aromatic N) is 5. The standard InChI is InChI=1S/C22H19Cl2N5O/c23-18-7-19(24)9-20(8-18)29-6-5-27(14-22(29)30)13-21-11-26-15-28(21)12-17-3-1-16(10-25)2-4-17/h1-4,7-9,11,15H,5-6,12-14H2. The van der Waals surface area contributed by atoms with E-state index in [1.165, 1.54) is 0 Å². The van der Waals surface area contributed by atoms with E-state index in [1.807, 2.05) is 30.5 Å². The zero-order chi connectivity index (χ0) is 21.1. The van der Waals surface area contributed by atoms with Crippen molar-refractivity contribution in [2.75, 3.05) is 24.5 Å². The zero-order valence-electron chi connectivity index (χ0n) is 16.1. The van der Waals surface area contributed by atoms with Crippen LogP contribution in [-0.2, 0) is 17.9 Å². The molecule has 30 heavy (non-hydrogen) atoms. The molecule has 2 heterocycles. The van der Waals surface area contributed by atoms with Crippen molar-refractivity contribution in [3.63, 3.8) is 0 Å². The Kier molecular flexibility index (Phi) is 6.05. The van der Waals surface area contributed by atoms with Gasteiger partial charge < -0.3 is 9.47 Å². The highest BCUT2D eigenvalue weighted by molar-refractivity contribution is 6.35. The maximum Gasteiger partial charge on any atom is 0.241 e. The summed E-state index contributed by atoms with van der Waals surface area (Å²) in [5.41, 5.74) is 3.49. The molecule has 1 fully saturated rings. The fourth-order valence-corrected chi connectivity index (χ4v) is 4.07. The molecule has 0 N–H and O–H groups in total. The topological polar surface area (TPSA) is 65.2 Å². The van der Waals surface area contributed by atoms with Gasteiger partial charge in [0.1, 0.15) is 0 Å². The van der Waals surface area contributed by atoms with Crippen molar-refractivity contribution in [2.24, 2.45) is 0 Å². The van der Waals surface area contributed by atoms with E-state index in [4.69, 9.17) is 28.5 Å². The molecule has 0 atom stereocenters. The number of anilines is 1. The number of benzene rings is 2. The molecule has 8 heteroatoms. The number of hydrogen-bond donors (Lipinski definition) is 0. The summed E-state index contributed by atoms with van der Waals surface area (Å²) < 4.78 is 2.06. The summed E-state index contributed by atoms with van der Waals surface area (Å²) in [7, 11) is 0. The van der Waals surface area contributed by atoms with Crippen LogP contribution in [0.2, 0.25) is 10.0 Å². The van der Waals surface area contributed by atoms with Gasteiger partial charge in [-0.1, -0.05) is 35.3 Å². The Morgan fingerprint density at radius 2 is 1.77 bits per heavy atom. The molecule has 0 radical (unpaired) electrons. The Bertz CT molecular complexity index is 1080. The van der Waals surface area contributed by atoms with E-state index < -0.39 is 0 Å². The number of halogens is 2. The number of nitriles is 1. The second-order valence-electron chi connectivity index (χ2n) is 7.21. The minimum absolute atomic E-state index is 0.0118. The minimum Gasteiger partial charge on any atom is -0.329 e. The third-order valence-corrected chi connectivity index (χ3v) is 5.52. The number of piperazine rings is 1. The van der Waals surface area contributed by atoms with Crippen molar-refractivity contribution < 1.29 is 4.79 Å². The van der Waals surface area contributed by atoms with Crippen LogP contribution in [0.15, 0.2) is 55.0 Å². The van der Waals surface area contributed by atoms with Crippen LogP contribution in [-0.4, -0.2) is 40.0 Å². The van der Waals surface area contributed by atoms with Gasteiger partial charge in [-0.2, -0.15) is 5.26 Å². The van der Waals surface area contributed by atoms with Crippen LogP contribution in [0, 0.1) is 11.3 Å². The van der Waals surface area contributed by atoms with Crippen molar-refractivity contribution in [3.05, 3.63) is 81.9 Å². The third kappa shape index (κ3) is 4.65. The van der Waals surface area contributed by atoms with Gasteiger partial charge in [-0.15, -0.1) is 0 Å². The third-order valence-electron chi connectivity index (χ3n) is 5.08. The molecular formula is C22H19Cl2N5O. The van der Waals surface area contributed by atoms with Crippen LogP contribution in [0.25, 0.3) is 0 Å². The molecule has 2 aromatic carbocycles. The van der Waals surface area contributed by atoms with E-state index in [1.54, 1.807) is 29.4 Å². The van der Waals surface area contributed by atoms with Gasteiger partial charge in [0.25, 0.3) is 0 Å². The smallest absolute Gasteiger partial charge is 0.241 e. The quantitative estimate of drug-likeness (QED) is 0.603. The Morgan fingerprint density at radius 1 is 1.03 bits per heavy atom. The first-order chi connectivity index (χ1) is 14.5. The maximum absolute atomic E-state index is 12.7. The van der Waals surface area contributed by atoms with Crippen LogP contribution >= 0.6 is 23.2 Å². The lowest BCUT2D eigenvalue weighted by atomic mass is 10.1. The largest absolute Gasteiger partial charge is 0.329 e. The first kappa shape index (κ1) is 20.4. The van der Waals surface area contributed by atoms with E-state index in [0.29, 0.717) is 41.8 Å². The fraction of sp³-hybridized carbons (Fsp3) is 0.227. The van der Waals surface area contributed by atoms with E-state index in [0.717, 1.165) is 23.5 Å². The SMILES string of the molecule is N#Cc1ccc(Cn2cncc2CN2CCN(c3cc(Cl)cc(Cl)c3)C(=O)C2)cc1. The second-order valence-corrected chi connectivity index (χ2v) is 8.08. The van der Waals surface area contributed by atoms with Gasteiger partial charge in [-0.3, -0.25) is 9.69 Å². The number of carbonyl (C=O) groups excluding carboxylic acids is 1. The number of imidazole rings is 1. The van der Waals surface area contributed by atoms with Gasteiger partial charge in [0.2, 0.25) is 5.91 Å². The summed E-state index contributed by atoms with van der Waals surface area (Å²) in [4.78, 5) is 20.9. The van der Waals surface area contributed by atoms with Crippen LogP contribution in [0.1, 0.15) is 16.8 Å². The van der Waals surface area contributed by atoms with Crippen LogP contribution in [0.5, 0.6) is 0 Å². The lowest BCUT2D eigenvalue weighted by Crippen LogP contribution is -2.50. The first-order valence-electron chi connectivity index (χ1n) is 9.49. The molecule has 1 aromatic heterocycles. The second kappa shape index (κ2) is 8.88. The van der Waals surface area contributed by atoms with Crippen molar-refractivity contribution in [3.8, 4) is 6.07 Å². The summed E-state index contributed by atoms with van der Waals surface area (Å²) in [6.45, 7) is 2.91. The number of rotatable bonds is 5. The van der Waals surface area contributed by atoms with E-state index in [-0.39, 0.29) is 5.91 Å². The molecule has 1 saturated heterocycles. The van der Waals surface area contributed by atoms with Crippen molar-refractivity contribution >= 4 is 34.8 Å². The van der Waals surface area contributed by atoms with E-state index >= 15 is 0 Å².